The fourth-order valence-electron chi connectivity index (χ4n) is 2.64. The highest BCUT2D eigenvalue weighted by atomic mass is 32.2. The quantitative estimate of drug-likeness (QED) is 0.874. The van der Waals surface area contributed by atoms with Gasteiger partial charge in [0.15, 0.2) is 0 Å². The van der Waals surface area contributed by atoms with Crippen LogP contribution in [0.3, 0.4) is 0 Å². The maximum atomic E-state index is 12.5. The molecule has 0 spiro atoms. The molecule has 0 unspecified atom stereocenters. The second-order valence-electron chi connectivity index (χ2n) is 5.71. The van der Waals surface area contributed by atoms with Crippen LogP contribution >= 0.6 is 0 Å². The molecule has 0 aromatic heterocycles. The molecule has 1 aliphatic rings. The fourth-order valence-corrected chi connectivity index (χ4v) is 4.29. The van der Waals surface area contributed by atoms with Gasteiger partial charge in [-0.15, -0.1) is 0 Å². The summed E-state index contributed by atoms with van der Waals surface area (Å²) in [4.78, 5) is 11.5. The topological polar surface area (TPSA) is 74.7 Å². The predicted molar refractivity (Wildman–Crippen MR) is 79.7 cm³/mol. The van der Waals surface area contributed by atoms with Crippen LogP contribution < -0.4 is 0 Å². The standard InChI is InChI=1S/C15H21NO4S/c1-4-16(11(2)3)21(19,20)13-7-5-12(6-8-13)15(9-10-15)14(17)18/h5-8,11H,4,9-10H2,1-3H3,(H,17,18). The number of carbonyl (C=O) groups is 1. The van der Waals surface area contributed by atoms with Gasteiger partial charge in [-0.1, -0.05) is 19.1 Å². The molecule has 1 aromatic rings. The summed E-state index contributed by atoms with van der Waals surface area (Å²) < 4.78 is 26.5. The van der Waals surface area contributed by atoms with Crippen molar-refractivity contribution in [2.24, 2.45) is 0 Å². The highest BCUT2D eigenvalue weighted by Gasteiger charge is 2.51. The Morgan fingerprint density at radius 2 is 1.81 bits per heavy atom. The molecule has 1 fully saturated rings. The molecule has 0 aliphatic heterocycles. The molecule has 1 aliphatic carbocycles. The Labute approximate surface area is 125 Å². The highest BCUT2D eigenvalue weighted by Crippen LogP contribution is 2.48. The lowest BCUT2D eigenvalue weighted by molar-refractivity contribution is -0.140. The highest BCUT2D eigenvalue weighted by molar-refractivity contribution is 7.89. The van der Waals surface area contributed by atoms with Crippen LogP contribution in [-0.4, -0.2) is 36.4 Å². The number of benzene rings is 1. The molecule has 0 saturated heterocycles. The van der Waals surface area contributed by atoms with E-state index in [1.807, 2.05) is 13.8 Å². The maximum Gasteiger partial charge on any atom is 0.314 e. The van der Waals surface area contributed by atoms with Crippen LogP contribution in [0.15, 0.2) is 29.2 Å². The third kappa shape index (κ3) is 2.70. The molecule has 1 saturated carbocycles. The predicted octanol–water partition coefficient (Wildman–Crippen LogP) is 2.22. The van der Waals surface area contributed by atoms with E-state index >= 15 is 0 Å². The summed E-state index contributed by atoms with van der Waals surface area (Å²) in [5.74, 6) is -0.838. The number of nitrogens with zero attached hydrogens (tertiary/aromatic N) is 1. The molecular formula is C15H21NO4S. The number of sulfonamides is 1. The van der Waals surface area contributed by atoms with Gasteiger partial charge in [-0.2, -0.15) is 4.31 Å². The Hall–Kier alpha value is -1.40. The second kappa shape index (κ2) is 5.42. The van der Waals surface area contributed by atoms with Crippen molar-refractivity contribution in [2.45, 2.75) is 50.0 Å². The summed E-state index contributed by atoms with van der Waals surface area (Å²) in [6.45, 7) is 5.87. The molecule has 116 valence electrons. The first kappa shape index (κ1) is 16.0. The molecule has 21 heavy (non-hydrogen) atoms. The van der Waals surface area contributed by atoms with Gasteiger partial charge in [0.05, 0.1) is 10.3 Å². The summed E-state index contributed by atoms with van der Waals surface area (Å²) in [7, 11) is -3.53. The smallest absolute Gasteiger partial charge is 0.314 e. The first-order chi connectivity index (χ1) is 9.75. The van der Waals surface area contributed by atoms with Crippen molar-refractivity contribution < 1.29 is 18.3 Å². The van der Waals surface area contributed by atoms with Crippen LogP contribution in [0.25, 0.3) is 0 Å². The van der Waals surface area contributed by atoms with Gasteiger partial charge in [0, 0.05) is 12.6 Å². The van der Waals surface area contributed by atoms with Crippen molar-refractivity contribution in [3.63, 3.8) is 0 Å². The first-order valence-corrected chi connectivity index (χ1v) is 8.55. The van der Waals surface area contributed by atoms with Gasteiger partial charge in [0.1, 0.15) is 0 Å². The van der Waals surface area contributed by atoms with Gasteiger partial charge in [-0.05, 0) is 44.4 Å². The van der Waals surface area contributed by atoms with E-state index < -0.39 is 21.4 Å². The summed E-state index contributed by atoms with van der Waals surface area (Å²) in [6.07, 6.45) is 1.23. The van der Waals surface area contributed by atoms with Crippen molar-refractivity contribution in [1.29, 1.82) is 0 Å². The van der Waals surface area contributed by atoms with Crippen molar-refractivity contribution in [2.75, 3.05) is 6.54 Å². The minimum Gasteiger partial charge on any atom is -0.481 e. The van der Waals surface area contributed by atoms with E-state index in [2.05, 4.69) is 0 Å². The fraction of sp³-hybridized carbons (Fsp3) is 0.533. The lowest BCUT2D eigenvalue weighted by Gasteiger charge is -2.24. The third-order valence-corrected chi connectivity index (χ3v) is 6.23. The van der Waals surface area contributed by atoms with Crippen LogP contribution in [0.1, 0.15) is 39.2 Å². The Morgan fingerprint density at radius 3 is 2.14 bits per heavy atom. The van der Waals surface area contributed by atoms with Crippen molar-refractivity contribution in [3.8, 4) is 0 Å². The Balaban J connectivity index is 2.33. The van der Waals surface area contributed by atoms with E-state index in [-0.39, 0.29) is 10.9 Å². The summed E-state index contributed by atoms with van der Waals surface area (Å²) in [5.41, 5.74) is -0.119. The molecule has 0 amide bonds. The molecule has 6 heteroatoms. The number of hydrogen-bond acceptors (Lipinski definition) is 3. The number of aliphatic carboxylic acids is 1. The van der Waals surface area contributed by atoms with E-state index in [1.54, 1.807) is 19.1 Å². The monoisotopic (exact) mass is 311 g/mol. The summed E-state index contributed by atoms with van der Waals surface area (Å²) >= 11 is 0. The molecule has 2 rings (SSSR count). The Morgan fingerprint density at radius 1 is 1.29 bits per heavy atom. The van der Waals surface area contributed by atoms with E-state index in [1.165, 1.54) is 16.4 Å². The third-order valence-electron chi connectivity index (χ3n) is 4.06. The van der Waals surface area contributed by atoms with Gasteiger partial charge in [-0.3, -0.25) is 4.79 Å². The van der Waals surface area contributed by atoms with Crippen LogP contribution in [-0.2, 0) is 20.2 Å². The van der Waals surface area contributed by atoms with Gasteiger partial charge < -0.3 is 5.11 Å². The lowest BCUT2D eigenvalue weighted by Crippen LogP contribution is -2.36. The summed E-state index contributed by atoms with van der Waals surface area (Å²) in [6, 6.07) is 6.16. The van der Waals surface area contributed by atoms with Crippen molar-refractivity contribution in [3.05, 3.63) is 29.8 Å². The zero-order valence-electron chi connectivity index (χ0n) is 12.5. The molecule has 0 bridgehead atoms. The van der Waals surface area contributed by atoms with Crippen LogP contribution in [0.5, 0.6) is 0 Å². The molecule has 0 radical (unpaired) electrons. The van der Waals surface area contributed by atoms with Crippen LogP contribution in [0.4, 0.5) is 0 Å². The zero-order chi connectivity index (χ0) is 15.8. The molecule has 1 N–H and O–H groups in total. The van der Waals surface area contributed by atoms with Crippen molar-refractivity contribution >= 4 is 16.0 Å². The average molecular weight is 311 g/mol. The van der Waals surface area contributed by atoms with Gasteiger partial charge in [0.25, 0.3) is 0 Å². The van der Waals surface area contributed by atoms with E-state index in [0.717, 1.165) is 0 Å². The Bertz CT molecular complexity index is 630. The minimum atomic E-state index is -3.53. The summed E-state index contributed by atoms with van der Waals surface area (Å²) in [5, 5.41) is 9.26. The molecule has 0 atom stereocenters. The Kier molecular flexibility index (Phi) is 4.13. The number of carboxylic acids is 1. The van der Waals surface area contributed by atoms with Crippen molar-refractivity contribution in [1.82, 2.24) is 4.31 Å². The molecule has 1 aromatic carbocycles. The first-order valence-electron chi connectivity index (χ1n) is 7.11. The van der Waals surface area contributed by atoms with Gasteiger partial charge in [-0.25, -0.2) is 8.42 Å². The van der Waals surface area contributed by atoms with Crippen LogP contribution in [0.2, 0.25) is 0 Å². The molecule has 0 heterocycles. The zero-order valence-corrected chi connectivity index (χ0v) is 13.4. The molecular weight excluding hydrogens is 290 g/mol. The normalized spacial score (nSPS) is 17.2. The number of rotatable bonds is 6. The maximum absolute atomic E-state index is 12.5. The van der Waals surface area contributed by atoms with E-state index in [0.29, 0.717) is 24.9 Å². The number of carboxylic acid groups (broad SMARTS) is 1. The lowest BCUT2D eigenvalue weighted by atomic mass is 9.96. The van der Waals surface area contributed by atoms with E-state index in [9.17, 15) is 18.3 Å². The number of hydrogen-bond donors (Lipinski definition) is 1. The van der Waals surface area contributed by atoms with Crippen LogP contribution in [0, 0.1) is 0 Å². The van der Waals surface area contributed by atoms with Gasteiger partial charge >= 0.3 is 5.97 Å². The average Bonchev–Trinajstić information content (AvgIpc) is 3.20. The molecule has 5 nitrogen and oxygen atoms in total. The van der Waals surface area contributed by atoms with E-state index in [4.69, 9.17) is 0 Å². The largest absolute Gasteiger partial charge is 0.481 e. The minimum absolute atomic E-state index is 0.117. The SMILES string of the molecule is CCN(C(C)C)S(=O)(=O)c1ccc(C2(C(=O)O)CC2)cc1. The second-order valence-corrected chi connectivity index (χ2v) is 7.60. The van der Waals surface area contributed by atoms with Gasteiger partial charge in [0.2, 0.25) is 10.0 Å².